The van der Waals surface area contributed by atoms with Gasteiger partial charge in [-0.2, -0.15) is 13.2 Å². The Balaban J connectivity index is 2.29. The number of hydrogen-bond acceptors (Lipinski definition) is 2. The largest absolute Gasteiger partial charge is 0.491 e. The number of hydrogen-bond donors (Lipinski definition) is 0. The molecule has 0 aliphatic rings. The molecule has 1 rings (SSSR count). The summed E-state index contributed by atoms with van der Waals surface area (Å²) in [7, 11) is 0. The van der Waals surface area contributed by atoms with E-state index in [1.807, 2.05) is 6.92 Å². The molecular formula is C11H12ClF3O2. The van der Waals surface area contributed by atoms with Crippen molar-refractivity contribution in [3.63, 3.8) is 0 Å². The lowest BCUT2D eigenvalue weighted by Gasteiger charge is -2.10. The molecule has 0 saturated carbocycles. The van der Waals surface area contributed by atoms with Gasteiger partial charge < -0.3 is 9.47 Å². The smallest absolute Gasteiger partial charge is 0.411 e. The molecule has 0 amide bonds. The van der Waals surface area contributed by atoms with Gasteiger partial charge in [0.05, 0.1) is 6.61 Å². The molecule has 0 atom stereocenters. The molecule has 0 aliphatic carbocycles. The summed E-state index contributed by atoms with van der Waals surface area (Å²) in [5.74, 6) is 0.549. The molecule has 0 N–H and O–H groups in total. The molecule has 1 aromatic carbocycles. The molecule has 0 bridgehead atoms. The average molecular weight is 269 g/mol. The van der Waals surface area contributed by atoms with Crippen LogP contribution in [0.5, 0.6) is 5.75 Å². The van der Waals surface area contributed by atoms with Crippen LogP contribution in [-0.2, 0) is 4.74 Å². The van der Waals surface area contributed by atoms with Gasteiger partial charge in [-0.1, -0.05) is 17.7 Å². The molecule has 0 aliphatic heterocycles. The van der Waals surface area contributed by atoms with Crippen LogP contribution in [0.2, 0.25) is 5.02 Å². The van der Waals surface area contributed by atoms with E-state index in [-0.39, 0.29) is 13.2 Å². The van der Waals surface area contributed by atoms with E-state index in [9.17, 15) is 13.2 Å². The van der Waals surface area contributed by atoms with Gasteiger partial charge in [0.2, 0.25) is 0 Å². The lowest BCUT2D eigenvalue weighted by Crippen LogP contribution is -2.19. The molecule has 2 nitrogen and oxygen atoms in total. The first-order chi connectivity index (χ1) is 7.88. The summed E-state index contributed by atoms with van der Waals surface area (Å²) >= 11 is 5.76. The Labute approximate surface area is 102 Å². The van der Waals surface area contributed by atoms with E-state index >= 15 is 0 Å². The molecule has 0 aromatic heterocycles. The van der Waals surface area contributed by atoms with E-state index < -0.39 is 12.8 Å². The van der Waals surface area contributed by atoms with Crippen molar-refractivity contribution in [1.29, 1.82) is 0 Å². The van der Waals surface area contributed by atoms with Crippen LogP contribution in [0.4, 0.5) is 13.2 Å². The van der Waals surface area contributed by atoms with Crippen LogP contribution >= 0.6 is 11.6 Å². The van der Waals surface area contributed by atoms with E-state index in [0.29, 0.717) is 10.8 Å². The lowest BCUT2D eigenvalue weighted by atomic mass is 10.2. The third kappa shape index (κ3) is 5.79. The van der Waals surface area contributed by atoms with E-state index in [1.165, 1.54) is 0 Å². The summed E-state index contributed by atoms with van der Waals surface area (Å²) in [5, 5.41) is 0.516. The summed E-state index contributed by atoms with van der Waals surface area (Å²) in [6.07, 6.45) is -4.30. The van der Waals surface area contributed by atoms with Gasteiger partial charge in [-0.15, -0.1) is 0 Å². The van der Waals surface area contributed by atoms with Gasteiger partial charge >= 0.3 is 6.18 Å². The first kappa shape index (κ1) is 14.1. The number of benzene rings is 1. The molecule has 96 valence electrons. The fourth-order valence-electron chi connectivity index (χ4n) is 1.13. The second-order valence-corrected chi connectivity index (χ2v) is 3.86. The third-order valence-corrected chi connectivity index (χ3v) is 2.14. The number of alkyl halides is 3. The summed E-state index contributed by atoms with van der Waals surface area (Å²) in [4.78, 5) is 0. The fourth-order valence-corrected chi connectivity index (χ4v) is 1.29. The molecule has 0 fully saturated rings. The maximum Gasteiger partial charge on any atom is 0.411 e. The van der Waals surface area contributed by atoms with E-state index in [2.05, 4.69) is 4.74 Å². The molecule has 1 aromatic rings. The van der Waals surface area contributed by atoms with E-state index in [0.717, 1.165) is 5.56 Å². The van der Waals surface area contributed by atoms with Crippen LogP contribution in [0.25, 0.3) is 0 Å². The molecule has 17 heavy (non-hydrogen) atoms. The SMILES string of the molecule is Cc1ccc(Cl)cc1OCCOCC(F)(F)F. The second-order valence-electron chi connectivity index (χ2n) is 3.43. The first-order valence-electron chi connectivity index (χ1n) is 4.92. The molecule has 0 unspecified atom stereocenters. The maximum atomic E-state index is 11.7. The van der Waals surface area contributed by atoms with Crippen molar-refractivity contribution >= 4 is 11.6 Å². The van der Waals surface area contributed by atoms with Gasteiger partial charge in [0.25, 0.3) is 0 Å². The fraction of sp³-hybridized carbons (Fsp3) is 0.455. The monoisotopic (exact) mass is 268 g/mol. The Morgan fingerprint density at radius 1 is 1.24 bits per heavy atom. The van der Waals surface area contributed by atoms with Gasteiger partial charge in [0, 0.05) is 5.02 Å². The Morgan fingerprint density at radius 2 is 1.94 bits per heavy atom. The third-order valence-electron chi connectivity index (χ3n) is 1.90. The molecule has 0 saturated heterocycles. The predicted molar refractivity (Wildman–Crippen MR) is 58.6 cm³/mol. The highest BCUT2D eigenvalue weighted by atomic mass is 35.5. The summed E-state index contributed by atoms with van der Waals surface area (Å²) in [5.41, 5.74) is 0.866. The molecule has 0 heterocycles. The van der Waals surface area contributed by atoms with Crippen molar-refractivity contribution in [2.45, 2.75) is 13.1 Å². The van der Waals surface area contributed by atoms with Gasteiger partial charge in [-0.3, -0.25) is 0 Å². The molecule has 6 heteroatoms. The van der Waals surface area contributed by atoms with Crippen LogP contribution in [0.15, 0.2) is 18.2 Å². The zero-order valence-corrected chi connectivity index (χ0v) is 9.94. The highest BCUT2D eigenvalue weighted by Crippen LogP contribution is 2.22. The Bertz CT molecular complexity index is 366. The van der Waals surface area contributed by atoms with Crippen LogP contribution in [0.1, 0.15) is 5.56 Å². The highest BCUT2D eigenvalue weighted by molar-refractivity contribution is 6.30. The van der Waals surface area contributed by atoms with Crippen molar-refractivity contribution in [1.82, 2.24) is 0 Å². The van der Waals surface area contributed by atoms with Crippen LogP contribution < -0.4 is 4.74 Å². The molecule has 0 spiro atoms. The predicted octanol–water partition coefficient (Wildman–Crippen LogP) is 3.61. The van der Waals surface area contributed by atoms with Crippen molar-refractivity contribution in [3.05, 3.63) is 28.8 Å². The van der Waals surface area contributed by atoms with Crippen molar-refractivity contribution in [2.75, 3.05) is 19.8 Å². The minimum Gasteiger partial charge on any atom is -0.491 e. The zero-order valence-electron chi connectivity index (χ0n) is 9.18. The first-order valence-corrected chi connectivity index (χ1v) is 5.30. The van der Waals surface area contributed by atoms with Crippen molar-refractivity contribution in [3.8, 4) is 5.75 Å². The van der Waals surface area contributed by atoms with Crippen LogP contribution in [0, 0.1) is 6.92 Å². The quantitative estimate of drug-likeness (QED) is 0.760. The minimum atomic E-state index is -4.30. The second kappa shape index (κ2) is 6.12. The number of aryl methyl sites for hydroxylation is 1. The average Bonchev–Trinajstić information content (AvgIpc) is 2.21. The van der Waals surface area contributed by atoms with E-state index in [4.69, 9.17) is 16.3 Å². The molecule has 0 radical (unpaired) electrons. The summed E-state index contributed by atoms with van der Waals surface area (Å²) < 4.78 is 44.9. The summed E-state index contributed by atoms with van der Waals surface area (Å²) in [6, 6.07) is 5.10. The summed E-state index contributed by atoms with van der Waals surface area (Å²) in [6.45, 7) is 0.496. The number of halogens is 4. The normalized spacial score (nSPS) is 11.6. The topological polar surface area (TPSA) is 18.5 Å². The van der Waals surface area contributed by atoms with E-state index in [1.54, 1.807) is 18.2 Å². The van der Waals surface area contributed by atoms with Gasteiger partial charge in [-0.25, -0.2) is 0 Å². The molecular weight excluding hydrogens is 257 g/mol. The van der Waals surface area contributed by atoms with Gasteiger partial charge in [0.1, 0.15) is 19.0 Å². The number of rotatable bonds is 5. The Morgan fingerprint density at radius 3 is 2.59 bits per heavy atom. The zero-order chi connectivity index (χ0) is 12.9. The van der Waals surface area contributed by atoms with Crippen molar-refractivity contribution < 1.29 is 22.6 Å². The van der Waals surface area contributed by atoms with Crippen molar-refractivity contribution in [2.24, 2.45) is 0 Å². The van der Waals surface area contributed by atoms with Gasteiger partial charge in [0.15, 0.2) is 0 Å². The van der Waals surface area contributed by atoms with Gasteiger partial charge in [-0.05, 0) is 24.6 Å². The van der Waals surface area contributed by atoms with Crippen LogP contribution in [0.3, 0.4) is 0 Å². The van der Waals surface area contributed by atoms with Crippen LogP contribution in [-0.4, -0.2) is 26.0 Å². The highest BCUT2D eigenvalue weighted by Gasteiger charge is 2.27. The maximum absolute atomic E-state index is 11.7. The lowest BCUT2D eigenvalue weighted by molar-refractivity contribution is -0.175. The standard InChI is InChI=1S/C11H12ClF3O2/c1-8-2-3-9(12)6-10(8)17-5-4-16-7-11(13,14)15/h2-3,6H,4-5,7H2,1H3. The Kier molecular flexibility index (Phi) is 5.08. The number of ether oxygens (including phenoxy) is 2. The minimum absolute atomic E-state index is 0.0528. The Hall–Kier alpha value is -0.940.